The van der Waals surface area contributed by atoms with Gasteiger partial charge >= 0.3 is 0 Å². The van der Waals surface area contributed by atoms with Gasteiger partial charge in [0.05, 0.1) is 0 Å². The topological polar surface area (TPSA) is 26.0 Å². The lowest BCUT2D eigenvalue weighted by Gasteiger charge is -2.03. The van der Waals surface area contributed by atoms with Crippen molar-refractivity contribution in [3.8, 4) is 0 Å². The molecule has 0 aromatic heterocycles. The Morgan fingerprint density at radius 3 is 1.16 bits per heavy atom. The third-order valence-electron chi connectivity index (χ3n) is 5.37. The minimum Gasteiger partial charge on any atom is -0.402 e. The van der Waals surface area contributed by atoms with E-state index in [0.29, 0.717) is 0 Å². The molecule has 2 N–H and O–H groups in total. The van der Waals surface area contributed by atoms with Crippen LogP contribution in [0.5, 0.6) is 0 Å². The Morgan fingerprint density at radius 2 is 0.840 bits per heavy atom. The van der Waals surface area contributed by atoms with Crippen molar-refractivity contribution in [3.63, 3.8) is 0 Å². The molecule has 0 unspecified atom stereocenters. The van der Waals surface area contributed by atoms with Gasteiger partial charge in [-0.05, 0) is 19.3 Å². The first-order valence-corrected chi connectivity index (χ1v) is 11.8. The Labute approximate surface area is 160 Å². The number of hydrogen-bond acceptors (Lipinski definition) is 1. The second-order valence-electron chi connectivity index (χ2n) is 7.93. The zero-order valence-electron chi connectivity index (χ0n) is 17.8. The summed E-state index contributed by atoms with van der Waals surface area (Å²) in [5.41, 5.74) is 6.87. The summed E-state index contributed by atoms with van der Waals surface area (Å²) >= 11 is 0. The fourth-order valence-corrected chi connectivity index (χ4v) is 3.48. The number of unbranched alkanes of at least 4 members (excludes halogenated alkanes) is 18. The van der Waals surface area contributed by atoms with Crippen LogP contribution in [0.15, 0.2) is 11.8 Å². The van der Waals surface area contributed by atoms with Crippen LogP contribution in [0.4, 0.5) is 0 Å². The Hall–Kier alpha value is -0.460. The summed E-state index contributed by atoms with van der Waals surface area (Å²) in [5.74, 6) is 0. The summed E-state index contributed by atoms with van der Waals surface area (Å²) in [6, 6.07) is 0. The number of rotatable bonds is 20. The van der Waals surface area contributed by atoms with Crippen LogP contribution in [0.25, 0.3) is 0 Å². The van der Waals surface area contributed by atoms with E-state index in [1.165, 1.54) is 122 Å². The number of allylic oxidation sites excluding steroid dienone is 2. The molecule has 0 aliphatic heterocycles. The summed E-state index contributed by atoms with van der Waals surface area (Å²) in [6.45, 7) is 4.42. The van der Waals surface area contributed by atoms with Crippen molar-refractivity contribution >= 4 is 0 Å². The molecule has 0 atom stereocenters. The highest BCUT2D eigenvalue weighted by atomic mass is 14.6. The summed E-state index contributed by atoms with van der Waals surface area (Å²) in [4.78, 5) is 0. The van der Waals surface area contributed by atoms with E-state index in [9.17, 15) is 0 Å². The van der Waals surface area contributed by atoms with E-state index in [1.54, 1.807) is 0 Å². The van der Waals surface area contributed by atoms with E-state index < -0.39 is 0 Å². The number of hydrogen-bond donors (Lipinski definition) is 1. The second kappa shape index (κ2) is 21.6. The van der Waals surface area contributed by atoms with Gasteiger partial charge in [-0.2, -0.15) is 0 Å². The SMILES string of the molecule is CCCCCCCCCCCCCCCCCCCCC=C(N)CC. The molecule has 0 aliphatic rings. The minimum atomic E-state index is 0.999. The van der Waals surface area contributed by atoms with Gasteiger partial charge in [-0.3, -0.25) is 0 Å². The van der Waals surface area contributed by atoms with Gasteiger partial charge in [0.2, 0.25) is 0 Å². The molecule has 150 valence electrons. The average molecular weight is 352 g/mol. The summed E-state index contributed by atoms with van der Waals surface area (Å²) < 4.78 is 0. The molecular formula is C24H49N. The largest absolute Gasteiger partial charge is 0.402 e. The molecule has 0 aromatic rings. The predicted molar refractivity (Wildman–Crippen MR) is 116 cm³/mol. The monoisotopic (exact) mass is 351 g/mol. The number of nitrogens with two attached hydrogens (primary N) is 1. The molecule has 0 amide bonds. The molecule has 0 radical (unpaired) electrons. The molecule has 1 nitrogen and oxygen atoms in total. The Morgan fingerprint density at radius 1 is 0.520 bits per heavy atom. The molecule has 1 heteroatoms. The van der Waals surface area contributed by atoms with Gasteiger partial charge < -0.3 is 5.73 Å². The molecular weight excluding hydrogens is 302 g/mol. The van der Waals surface area contributed by atoms with Gasteiger partial charge in [-0.1, -0.05) is 129 Å². The molecule has 0 spiro atoms. The molecule has 0 fully saturated rings. The van der Waals surface area contributed by atoms with Crippen LogP contribution in [0, 0.1) is 0 Å². The molecule has 0 bridgehead atoms. The van der Waals surface area contributed by atoms with Crippen molar-refractivity contribution in [1.29, 1.82) is 0 Å². The van der Waals surface area contributed by atoms with Gasteiger partial charge in [0, 0.05) is 5.70 Å². The molecule has 0 rings (SSSR count). The molecule has 0 heterocycles. The summed E-state index contributed by atoms with van der Waals surface area (Å²) in [7, 11) is 0. The smallest absolute Gasteiger partial charge is 0.00371 e. The van der Waals surface area contributed by atoms with Crippen molar-refractivity contribution in [2.75, 3.05) is 0 Å². The van der Waals surface area contributed by atoms with Crippen LogP contribution in [0.2, 0.25) is 0 Å². The third kappa shape index (κ3) is 21.5. The van der Waals surface area contributed by atoms with Crippen molar-refractivity contribution in [1.82, 2.24) is 0 Å². The average Bonchev–Trinajstić information content (AvgIpc) is 2.63. The van der Waals surface area contributed by atoms with Crippen molar-refractivity contribution in [3.05, 3.63) is 11.8 Å². The Kier molecular flexibility index (Phi) is 21.2. The predicted octanol–water partition coefficient (Wildman–Crippen LogP) is 8.67. The molecule has 0 saturated carbocycles. The first-order valence-electron chi connectivity index (χ1n) is 11.8. The zero-order valence-corrected chi connectivity index (χ0v) is 17.8. The fraction of sp³-hybridized carbons (Fsp3) is 0.917. The van der Waals surface area contributed by atoms with E-state index in [2.05, 4.69) is 19.9 Å². The quantitative estimate of drug-likeness (QED) is 0.218. The van der Waals surface area contributed by atoms with E-state index in [0.717, 1.165) is 12.1 Å². The van der Waals surface area contributed by atoms with E-state index in [-0.39, 0.29) is 0 Å². The van der Waals surface area contributed by atoms with Crippen LogP contribution < -0.4 is 5.73 Å². The van der Waals surface area contributed by atoms with Crippen LogP contribution in [-0.2, 0) is 0 Å². The highest BCUT2D eigenvalue weighted by Crippen LogP contribution is 2.14. The molecule has 0 aliphatic carbocycles. The van der Waals surface area contributed by atoms with E-state index in [1.807, 2.05) is 0 Å². The van der Waals surface area contributed by atoms with E-state index >= 15 is 0 Å². The van der Waals surface area contributed by atoms with Crippen LogP contribution in [-0.4, -0.2) is 0 Å². The Balaban J connectivity index is 3.03. The lowest BCUT2D eigenvalue weighted by Crippen LogP contribution is -1.93. The maximum atomic E-state index is 5.81. The summed E-state index contributed by atoms with van der Waals surface area (Å²) in [5, 5.41) is 0. The van der Waals surface area contributed by atoms with Gasteiger partial charge in [-0.15, -0.1) is 0 Å². The zero-order chi connectivity index (χ0) is 18.4. The Bertz CT molecular complexity index is 269. The minimum absolute atomic E-state index is 0.999. The third-order valence-corrected chi connectivity index (χ3v) is 5.37. The van der Waals surface area contributed by atoms with Gasteiger partial charge in [0.1, 0.15) is 0 Å². The first kappa shape index (κ1) is 24.5. The van der Waals surface area contributed by atoms with Gasteiger partial charge in [0.25, 0.3) is 0 Å². The summed E-state index contributed by atoms with van der Waals surface area (Å²) in [6.07, 6.45) is 30.4. The lowest BCUT2D eigenvalue weighted by molar-refractivity contribution is 0.525. The van der Waals surface area contributed by atoms with Crippen LogP contribution in [0.3, 0.4) is 0 Å². The normalized spacial score (nSPS) is 12.0. The standard InChI is InChI=1S/C24H49N/c1-3-5-6-7-8-9-10-11-12-13-14-15-16-17-18-19-20-21-22-23-24(25)4-2/h23H,3-22,25H2,1-2H3. The molecule has 25 heavy (non-hydrogen) atoms. The maximum Gasteiger partial charge on any atom is 0.00371 e. The first-order chi connectivity index (χ1) is 12.3. The fourth-order valence-electron chi connectivity index (χ4n) is 3.48. The second-order valence-corrected chi connectivity index (χ2v) is 7.93. The van der Waals surface area contributed by atoms with Gasteiger partial charge in [0.15, 0.2) is 0 Å². The van der Waals surface area contributed by atoms with Crippen LogP contribution >= 0.6 is 0 Å². The maximum absolute atomic E-state index is 5.81. The molecule has 0 aromatic carbocycles. The van der Waals surface area contributed by atoms with Crippen molar-refractivity contribution < 1.29 is 0 Å². The van der Waals surface area contributed by atoms with Crippen molar-refractivity contribution in [2.24, 2.45) is 5.73 Å². The van der Waals surface area contributed by atoms with Crippen LogP contribution in [0.1, 0.15) is 142 Å². The van der Waals surface area contributed by atoms with Gasteiger partial charge in [-0.25, -0.2) is 0 Å². The highest BCUT2D eigenvalue weighted by Gasteiger charge is 1.95. The van der Waals surface area contributed by atoms with Crippen molar-refractivity contribution in [2.45, 2.75) is 142 Å². The molecule has 0 saturated heterocycles. The highest BCUT2D eigenvalue weighted by molar-refractivity contribution is 4.94. The lowest BCUT2D eigenvalue weighted by atomic mass is 10.0. The van der Waals surface area contributed by atoms with E-state index in [4.69, 9.17) is 5.73 Å².